The maximum absolute atomic E-state index is 12.4. The van der Waals surface area contributed by atoms with Crippen molar-refractivity contribution in [1.29, 1.82) is 0 Å². The van der Waals surface area contributed by atoms with Crippen LogP contribution in [-0.4, -0.2) is 37.1 Å². The average molecular weight is 644 g/mol. The fourth-order valence-corrected chi connectivity index (χ4v) is 3.63. The van der Waals surface area contributed by atoms with Crippen LogP contribution in [-0.2, 0) is 14.4 Å². The Hall–Kier alpha value is -3.96. The molecule has 3 N–H and O–H groups in total. The fourth-order valence-electron chi connectivity index (χ4n) is 3.00. The van der Waals surface area contributed by atoms with Gasteiger partial charge < -0.3 is 20.1 Å². The summed E-state index contributed by atoms with van der Waals surface area (Å²) in [5.41, 5.74) is 4.70. The predicted octanol–water partition coefficient (Wildman–Crippen LogP) is 5.19. The summed E-state index contributed by atoms with van der Waals surface area (Å²) in [6.07, 6.45) is 2.93. The molecule has 0 aliphatic rings. The minimum atomic E-state index is -0.963. The molecule has 0 aromatic heterocycles. The van der Waals surface area contributed by atoms with Gasteiger partial charge >= 0.3 is 11.8 Å². The van der Waals surface area contributed by atoms with E-state index in [2.05, 4.69) is 59.6 Å². The third kappa shape index (κ3) is 8.86. The van der Waals surface area contributed by atoms with E-state index in [1.807, 2.05) is 19.1 Å². The lowest BCUT2D eigenvalue weighted by molar-refractivity contribution is -0.136. The Balaban J connectivity index is 1.54. The van der Waals surface area contributed by atoms with Crippen LogP contribution in [0.4, 0.5) is 11.4 Å². The number of hydrogen-bond donors (Lipinski definition) is 3. The lowest BCUT2D eigenvalue weighted by atomic mass is 10.2. The van der Waals surface area contributed by atoms with Gasteiger partial charge in [0, 0.05) is 25.9 Å². The molecule has 0 aliphatic heterocycles. The molecule has 3 aromatic carbocycles. The van der Waals surface area contributed by atoms with Crippen molar-refractivity contribution in [3.8, 4) is 11.5 Å². The zero-order valence-electron chi connectivity index (χ0n) is 20.3. The number of nitrogens with one attached hydrogen (secondary N) is 3. The number of hydrogen-bond acceptors (Lipinski definition) is 6. The van der Waals surface area contributed by atoms with Gasteiger partial charge in [0.2, 0.25) is 0 Å². The van der Waals surface area contributed by atoms with E-state index in [9.17, 15) is 14.4 Å². The fraction of sp³-hybridized carbons (Fsp3) is 0.111. The van der Waals surface area contributed by atoms with Gasteiger partial charge in [0.25, 0.3) is 5.91 Å². The molecule has 0 bridgehead atoms. The second kappa shape index (κ2) is 14.1. The number of halogens is 2. The third-order valence-corrected chi connectivity index (χ3v) is 6.21. The number of carbonyl (C=O) groups excluding carboxylic acids is 3. The normalized spacial score (nSPS) is 10.5. The van der Waals surface area contributed by atoms with Crippen molar-refractivity contribution in [2.75, 3.05) is 23.8 Å². The summed E-state index contributed by atoms with van der Waals surface area (Å²) in [7, 11) is 0. The highest BCUT2D eigenvalue weighted by atomic mass is 79.9. The Labute approximate surface area is 236 Å². The molecule has 9 nitrogen and oxygen atoms in total. The third-order valence-electron chi connectivity index (χ3n) is 4.83. The Bertz CT molecular complexity index is 1360. The lowest BCUT2D eigenvalue weighted by Crippen LogP contribution is -2.32. The van der Waals surface area contributed by atoms with Crippen LogP contribution in [0.5, 0.6) is 11.5 Å². The smallest absolute Gasteiger partial charge is 0.329 e. The molecular weight excluding hydrogens is 620 g/mol. The highest BCUT2D eigenvalue weighted by Gasteiger charge is 2.13. The van der Waals surface area contributed by atoms with Gasteiger partial charge in [-0.05, 0) is 73.2 Å². The van der Waals surface area contributed by atoms with E-state index in [1.165, 1.54) is 6.21 Å². The largest absolute Gasteiger partial charge is 0.490 e. The molecule has 0 radical (unpaired) electrons. The second-order valence-electron chi connectivity index (χ2n) is 7.76. The Morgan fingerprint density at radius 2 is 1.66 bits per heavy atom. The molecule has 0 saturated carbocycles. The molecule has 0 heterocycles. The van der Waals surface area contributed by atoms with Crippen molar-refractivity contribution in [3.63, 3.8) is 0 Å². The highest BCUT2D eigenvalue weighted by Crippen LogP contribution is 2.23. The molecule has 0 aliphatic carbocycles. The second-order valence-corrected chi connectivity index (χ2v) is 9.53. The summed E-state index contributed by atoms with van der Waals surface area (Å²) in [6, 6.07) is 17.1. The van der Waals surface area contributed by atoms with Crippen LogP contribution >= 0.6 is 31.9 Å². The molecular formula is C27H24Br2N4O5. The van der Waals surface area contributed by atoms with Gasteiger partial charge in [-0.3, -0.25) is 14.4 Å². The first kappa shape index (κ1) is 28.6. The van der Waals surface area contributed by atoms with Crippen LogP contribution < -0.4 is 25.5 Å². The number of ether oxygens (including phenoxy) is 2. The van der Waals surface area contributed by atoms with Gasteiger partial charge in [-0.25, -0.2) is 5.43 Å². The van der Waals surface area contributed by atoms with Crippen molar-refractivity contribution < 1.29 is 23.9 Å². The quantitative estimate of drug-likeness (QED) is 0.122. The predicted molar refractivity (Wildman–Crippen MR) is 154 cm³/mol. The van der Waals surface area contributed by atoms with Gasteiger partial charge in [-0.2, -0.15) is 5.10 Å². The summed E-state index contributed by atoms with van der Waals surface area (Å²) in [5, 5.41) is 9.09. The van der Waals surface area contributed by atoms with E-state index in [-0.39, 0.29) is 12.5 Å². The molecule has 3 aromatic rings. The van der Waals surface area contributed by atoms with E-state index in [1.54, 1.807) is 54.6 Å². The lowest BCUT2D eigenvalue weighted by Gasteiger charge is -2.11. The number of aryl methyl sites for hydroxylation is 1. The van der Waals surface area contributed by atoms with Gasteiger partial charge in [0.15, 0.2) is 6.61 Å². The molecule has 11 heteroatoms. The monoisotopic (exact) mass is 642 g/mol. The van der Waals surface area contributed by atoms with E-state index in [0.29, 0.717) is 35.0 Å². The molecule has 196 valence electrons. The number of hydrazone groups is 1. The van der Waals surface area contributed by atoms with E-state index < -0.39 is 11.8 Å². The topological polar surface area (TPSA) is 118 Å². The summed E-state index contributed by atoms with van der Waals surface area (Å²) >= 11 is 6.79. The maximum atomic E-state index is 12.4. The van der Waals surface area contributed by atoms with Crippen LogP contribution in [0.2, 0.25) is 0 Å². The Morgan fingerprint density at radius 3 is 2.37 bits per heavy atom. The SMILES string of the molecule is C=CCOc1ccc(NC(=O)C(=O)N/N=C\c2cc(Br)ccc2OCC(=O)Nc2ccc(Br)c(C)c2)cc1. The molecule has 0 fully saturated rings. The zero-order valence-corrected chi connectivity index (χ0v) is 23.5. The Morgan fingerprint density at radius 1 is 0.921 bits per heavy atom. The van der Waals surface area contributed by atoms with Crippen LogP contribution in [0.15, 0.2) is 87.4 Å². The van der Waals surface area contributed by atoms with Crippen LogP contribution in [0.1, 0.15) is 11.1 Å². The average Bonchev–Trinajstić information content (AvgIpc) is 2.89. The van der Waals surface area contributed by atoms with Crippen molar-refractivity contribution in [3.05, 3.63) is 93.4 Å². The summed E-state index contributed by atoms with van der Waals surface area (Å²) < 4.78 is 12.7. The first-order valence-electron chi connectivity index (χ1n) is 11.2. The van der Waals surface area contributed by atoms with Crippen molar-refractivity contribution in [1.82, 2.24) is 5.43 Å². The zero-order chi connectivity index (χ0) is 27.5. The van der Waals surface area contributed by atoms with E-state index in [0.717, 1.165) is 14.5 Å². The molecule has 0 spiro atoms. The highest BCUT2D eigenvalue weighted by molar-refractivity contribution is 9.10. The molecule has 3 amide bonds. The number of nitrogens with zero attached hydrogens (tertiary/aromatic N) is 1. The van der Waals surface area contributed by atoms with Crippen LogP contribution in [0.25, 0.3) is 0 Å². The minimum Gasteiger partial charge on any atom is -0.490 e. The van der Waals surface area contributed by atoms with Crippen molar-refractivity contribution in [2.24, 2.45) is 5.10 Å². The van der Waals surface area contributed by atoms with Gasteiger partial charge in [0.1, 0.15) is 18.1 Å². The van der Waals surface area contributed by atoms with Gasteiger partial charge in [-0.15, -0.1) is 0 Å². The molecule has 3 rings (SSSR count). The minimum absolute atomic E-state index is 0.246. The number of anilines is 2. The molecule has 0 saturated heterocycles. The first-order valence-corrected chi connectivity index (χ1v) is 12.8. The Kier molecular flexibility index (Phi) is 10.6. The van der Waals surface area contributed by atoms with Crippen molar-refractivity contribution in [2.45, 2.75) is 6.92 Å². The first-order chi connectivity index (χ1) is 18.2. The van der Waals surface area contributed by atoms with Gasteiger partial charge in [0.05, 0.1) is 6.21 Å². The number of carbonyl (C=O) groups is 3. The molecule has 38 heavy (non-hydrogen) atoms. The maximum Gasteiger partial charge on any atom is 0.329 e. The number of amides is 3. The van der Waals surface area contributed by atoms with E-state index in [4.69, 9.17) is 9.47 Å². The van der Waals surface area contributed by atoms with Crippen LogP contribution in [0.3, 0.4) is 0 Å². The molecule has 0 atom stereocenters. The van der Waals surface area contributed by atoms with E-state index >= 15 is 0 Å². The van der Waals surface area contributed by atoms with Crippen molar-refractivity contribution >= 4 is 67.2 Å². The standard InChI is InChI=1S/C27H24Br2N4O5/c1-3-12-37-22-8-5-20(6-9-22)32-26(35)27(36)33-30-15-18-14-19(28)4-11-24(18)38-16-25(34)31-21-7-10-23(29)17(2)13-21/h3-11,13-15H,1,12,16H2,2H3,(H,31,34)(H,32,35)(H,33,36)/b30-15-. The molecule has 0 unspecified atom stereocenters. The number of benzene rings is 3. The summed E-state index contributed by atoms with van der Waals surface area (Å²) in [4.78, 5) is 36.7. The summed E-state index contributed by atoms with van der Waals surface area (Å²) in [5.74, 6) is -1.24. The summed E-state index contributed by atoms with van der Waals surface area (Å²) in [6.45, 7) is 5.61. The number of rotatable bonds is 10. The van der Waals surface area contributed by atoms with Crippen LogP contribution in [0, 0.1) is 6.92 Å². The van der Waals surface area contributed by atoms with Gasteiger partial charge in [-0.1, -0.05) is 44.5 Å².